The summed E-state index contributed by atoms with van der Waals surface area (Å²) in [6, 6.07) is 0. The van der Waals surface area contributed by atoms with Gasteiger partial charge in [-0.05, 0) is 70.6 Å². The minimum Gasteiger partial charge on any atom is -0.481 e. The Balaban J connectivity index is 3.31. The molecule has 0 saturated carbocycles. The van der Waals surface area contributed by atoms with Crippen molar-refractivity contribution in [3.05, 3.63) is 60.8 Å². The SMILES string of the molecule is CCCCCCCCCCCCCCCC=CCCC=CCCC=CCCC=CCCC=CCCC(=O)O. The average molecular weight is 527 g/mol. The lowest BCUT2D eigenvalue weighted by Gasteiger charge is -2.02. The number of hydrogen-bond acceptors (Lipinski definition) is 1. The van der Waals surface area contributed by atoms with Crippen LogP contribution in [0, 0.1) is 0 Å². The second kappa shape index (κ2) is 33.2. The smallest absolute Gasteiger partial charge is 0.303 e. The first-order valence-electron chi connectivity index (χ1n) is 16.2. The zero-order valence-corrected chi connectivity index (χ0v) is 25.1. The van der Waals surface area contributed by atoms with Crippen LogP contribution in [0.4, 0.5) is 0 Å². The molecule has 2 nitrogen and oxygen atoms in total. The van der Waals surface area contributed by atoms with Crippen LogP contribution in [0.2, 0.25) is 0 Å². The summed E-state index contributed by atoms with van der Waals surface area (Å²) in [5.74, 6) is -0.725. The van der Waals surface area contributed by atoms with Crippen LogP contribution in [0.3, 0.4) is 0 Å². The first-order valence-corrected chi connectivity index (χ1v) is 16.2. The topological polar surface area (TPSA) is 37.3 Å². The minimum absolute atomic E-state index is 0.228. The van der Waals surface area contributed by atoms with E-state index in [0.29, 0.717) is 6.42 Å². The number of carboxylic acids is 1. The number of allylic oxidation sites excluding steroid dienone is 10. The van der Waals surface area contributed by atoms with Crippen LogP contribution >= 0.6 is 0 Å². The Labute approximate surface area is 237 Å². The van der Waals surface area contributed by atoms with Crippen LogP contribution in [0.25, 0.3) is 0 Å². The predicted molar refractivity (Wildman–Crippen MR) is 170 cm³/mol. The molecule has 0 heterocycles. The Hall–Kier alpha value is -1.83. The van der Waals surface area contributed by atoms with Crippen LogP contribution in [-0.2, 0) is 4.79 Å². The molecule has 0 aromatic heterocycles. The molecule has 0 aliphatic carbocycles. The van der Waals surface area contributed by atoms with E-state index in [1.165, 1.54) is 103 Å². The van der Waals surface area contributed by atoms with Gasteiger partial charge in [-0.1, -0.05) is 145 Å². The van der Waals surface area contributed by atoms with Gasteiger partial charge in [0.05, 0.1) is 0 Å². The molecule has 0 atom stereocenters. The summed E-state index contributed by atoms with van der Waals surface area (Å²) in [4.78, 5) is 10.4. The van der Waals surface area contributed by atoms with Crippen molar-refractivity contribution in [2.45, 2.75) is 161 Å². The van der Waals surface area contributed by atoms with Crippen molar-refractivity contribution in [1.29, 1.82) is 0 Å². The molecule has 0 spiro atoms. The molecule has 38 heavy (non-hydrogen) atoms. The Morgan fingerprint density at radius 1 is 0.395 bits per heavy atom. The van der Waals surface area contributed by atoms with Gasteiger partial charge >= 0.3 is 5.97 Å². The Bertz CT molecular complexity index is 623. The zero-order chi connectivity index (χ0) is 27.6. The maximum Gasteiger partial charge on any atom is 0.303 e. The summed E-state index contributed by atoms with van der Waals surface area (Å²) in [7, 11) is 0. The highest BCUT2D eigenvalue weighted by Crippen LogP contribution is 2.13. The lowest BCUT2D eigenvalue weighted by Crippen LogP contribution is -1.91. The number of carboxylic acid groups (broad SMARTS) is 1. The van der Waals surface area contributed by atoms with Crippen molar-refractivity contribution in [3.63, 3.8) is 0 Å². The van der Waals surface area contributed by atoms with Crippen molar-refractivity contribution >= 4 is 5.97 Å². The fourth-order valence-electron chi connectivity index (χ4n) is 4.44. The van der Waals surface area contributed by atoms with E-state index in [9.17, 15) is 4.79 Å². The van der Waals surface area contributed by atoms with Gasteiger partial charge in [-0.3, -0.25) is 4.79 Å². The second-order valence-electron chi connectivity index (χ2n) is 10.6. The molecular formula is C36H62O2. The molecule has 0 aliphatic rings. The summed E-state index contributed by atoms with van der Waals surface area (Å²) < 4.78 is 0. The molecule has 0 unspecified atom stereocenters. The van der Waals surface area contributed by atoms with Gasteiger partial charge in [-0.25, -0.2) is 0 Å². The molecule has 0 fully saturated rings. The predicted octanol–water partition coefficient (Wildman–Crippen LogP) is 12.2. The Morgan fingerprint density at radius 2 is 0.658 bits per heavy atom. The third-order valence-electron chi connectivity index (χ3n) is 6.83. The number of carbonyl (C=O) groups is 1. The first-order chi connectivity index (χ1) is 18.8. The molecule has 0 aromatic rings. The zero-order valence-electron chi connectivity index (χ0n) is 25.1. The monoisotopic (exact) mass is 526 g/mol. The van der Waals surface area contributed by atoms with Crippen LogP contribution in [0.5, 0.6) is 0 Å². The average Bonchev–Trinajstić information content (AvgIpc) is 2.91. The van der Waals surface area contributed by atoms with Gasteiger partial charge in [0.15, 0.2) is 0 Å². The quantitative estimate of drug-likeness (QED) is 0.0777. The second-order valence-corrected chi connectivity index (χ2v) is 10.6. The van der Waals surface area contributed by atoms with Gasteiger partial charge in [-0.15, -0.1) is 0 Å². The number of aliphatic carboxylic acids is 1. The summed E-state index contributed by atoms with van der Waals surface area (Å²) in [6.45, 7) is 2.29. The molecule has 0 aliphatic heterocycles. The fourth-order valence-corrected chi connectivity index (χ4v) is 4.44. The molecule has 0 rings (SSSR count). The third-order valence-corrected chi connectivity index (χ3v) is 6.83. The van der Waals surface area contributed by atoms with Gasteiger partial charge < -0.3 is 5.11 Å². The molecule has 1 N–H and O–H groups in total. The normalized spacial score (nSPS) is 12.4. The summed E-state index contributed by atoms with van der Waals surface area (Å²) in [5, 5.41) is 8.57. The fraction of sp³-hybridized carbons (Fsp3) is 0.694. The maximum atomic E-state index is 10.4. The van der Waals surface area contributed by atoms with E-state index in [-0.39, 0.29) is 6.42 Å². The van der Waals surface area contributed by atoms with E-state index >= 15 is 0 Å². The molecule has 0 aromatic carbocycles. The van der Waals surface area contributed by atoms with E-state index in [2.05, 4.69) is 61.6 Å². The molecular weight excluding hydrogens is 464 g/mol. The third kappa shape index (κ3) is 34.2. The van der Waals surface area contributed by atoms with E-state index in [1.54, 1.807) is 0 Å². The van der Waals surface area contributed by atoms with Crippen LogP contribution in [0.1, 0.15) is 161 Å². The summed E-state index contributed by atoms with van der Waals surface area (Å²) in [6.07, 6.45) is 52.1. The minimum atomic E-state index is -0.725. The van der Waals surface area contributed by atoms with Crippen LogP contribution < -0.4 is 0 Å². The van der Waals surface area contributed by atoms with E-state index in [0.717, 1.165) is 38.5 Å². The van der Waals surface area contributed by atoms with Crippen molar-refractivity contribution in [1.82, 2.24) is 0 Å². The lowest BCUT2D eigenvalue weighted by molar-refractivity contribution is -0.136. The molecule has 218 valence electrons. The Kier molecular flexibility index (Phi) is 31.6. The first kappa shape index (κ1) is 36.2. The number of rotatable bonds is 29. The van der Waals surface area contributed by atoms with Gasteiger partial charge in [-0.2, -0.15) is 0 Å². The molecule has 2 heteroatoms. The Morgan fingerprint density at radius 3 is 0.974 bits per heavy atom. The van der Waals surface area contributed by atoms with Gasteiger partial charge in [0.2, 0.25) is 0 Å². The molecule has 0 bridgehead atoms. The molecule has 0 radical (unpaired) electrons. The van der Waals surface area contributed by atoms with Gasteiger partial charge in [0, 0.05) is 6.42 Å². The van der Waals surface area contributed by atoms with Crippen molar-refractivity contribution in [3.8, 4) is 0 Å². The lowest BCUT2D eigenvalue weighted by atomic mass is 10.0. The van der Waals surface area contributed by atoms with E-state index in [4.69, 9.17) is 5.11 Å². The standard InChI is InChI=1S/C36H62O2/c1-2-3-4-5-6-7-8-9-10-11-12-13-14-15-16-17-18-19-20-21-22-23-24-25-26-27-28-29-30-31-32-33-34-35-36(37)38/h16-17,20-21,24-25,28-29,32-33H,2-15,18-19,22-23,26-27,30-31,34-35H2,1H3,(H,37,38). The highest BCUT2D eigenvalue weighted by molar-refractivity contribution is 5.66. The van der Waals surface area contributed by atoms with Gasteiger partial charge in [0.1, 0.15) is 0 Å². The van der Waals surface area contributed by atoms with E-state index < -0.39 is 5.97 Å². The number of hydrogen-bond donors (Lipinski definition) is 1. The van der Waals surface area contributed by atoms with Crippen LogP contribution in [0.15, 0.2) is 60.8 Å². The summed E-state index contributed by atoms with van der Waals surface area (Å²) >= 11 is 0. The van der Waals surface area contributed by atoms with E-state index in [1.807, 2.05) is 6.08 Å². The highest BCUT2D eigenvalue weighted by atomic mass is 16.4. The van der Waals surface area contributed by atoms with Crippen LogP contribution in [-0.4, -0.2) is 11.1 Å². The number of unbranched alkanes of at least 4 members (excludes halogenated alkanes) is 17. The van der Waals surface area contributed by atoms with Crippen molar-refractivity contribution in [2.24, 2.45) is 0 Å². The largest absolute Gasteiger partial charge is 0.481 e. The van der Waals surface area contributed by atoms with Crippen molar-refractivity contribution in [2.75, 3.05) is 0 Å². The van der Waals surface area contributed by atoms with Crippen molar-refractivity contribution < 1.29 is 9.90 Å². The molecule has 0 amide bonds. The molecule has 0 saturated heterocycles. The van der Waals surface area contributed by atoms with Gasteiger partial charge in [0.25, 0.3) is 0 Å². The summed E-state index contributed by atoms with van der Waals surface area (Å²) in [5.41, 5.74) is 0. The highest BCUT2D eigenvalue weighted by Gasteiger charge is 1.93. The maximum absolute atomic E-state index is 10.4.